The number of hydrogen-bond donors (Lipinski definition) is 0. The van der Waals surface area contributed by atoms with Gasteiger partial charge in [0.15, 0.2) is 0 Å². The van der Waals surface area contributed by atoms with Gasteiger partial charge in [0.25, 0.3) is 0 Å². The Morgan fingerprint density at radius 3 is 0.714 bits per heavy atom. The van der Waals surface area contributed by atoms with E-state index in [1.807, 2.05) is 9.47 Å². The average molecular weight is 456 g/mol. The molecule has 1 saturated carbocycles. The number of halogens is 16. The standard InChI is InChI=1S/C10F16O2/c11-1(12)3(15)27-9(25)5(17,18)7(21,22)10(26,28-4(16)2(13)14)8(23,24)6(9,19)20. The van der Waals surface area contributed by atoms with Crippen LogP contribution in [0.5, 0.6) is 0 Å². The zero-order chi connectivity index (χ0) is 22.7. The first-order chi connectivity index (χ1) is 12.2. The quantitative estimate of drug-likeness (QED) is 0.383. The van der Waals surface area contributed by atoms with E-state index in [2.05, 4.69) is 0 Å². The summed E-state index contributed by atoms with van der Waals surface area (Å²) in [6.07, 6.45) is -8.17. The molecule has 0 aliphatic heterocycles. The second-order valence-electron chi connectivity index (χ2n) is 4.76. The first-order valence-corrected chi connectivity index (χ1v) is 5.84. The minimum Gasteiger partial charge on any atom is -0.418 e. The Kier molecular flexibility index (Phi) is 5.34. The summed E-state index contributed by atoms with van der Waals surface area (Å²) >= 11 is 0. The van der Waals surface area contributed by atoms with E-state index in [1.165, 1.54) is 0 Å². The van der Waals surface area contributed by atoms with Gasteiger partial charge in [0, 0.05) is 0 Å². The molecule has 0 spiro atoms. The van der Waals surface area contributed by atoms with Crippen LogP contribution in [0.2, 0.25) is 0 Å². The van der Waals surface area contributed by atoms with E-state index in [0.717, 1.165) is 0 Å². The molecule has 0 aromatic rings. The van der Waals surface area contributed by atoms with E-state index in [1.54, 1.807) is 0 Å². The minimum absolute atomic E-state index is 1.95. The summed E-state index contributed by atoms with van der Waals surface area (Å²) in [6.45, 7) is 0. The molecule has 18 heteroatoms. The van der Waals surface area contributed by atoms with Crippen LogP contribution in [-0.2, 0) is 9.47 Å². The summed E-state index contributed by atoms with van der Waals surface area (Å²) in [5, 5.41) is 0. The molecule has 1 fully saturated rings. The van der Waals surface area contributed by atoms with Crippen LogP contribution < -0.4 is 0 Å². The summed E-state index contributed by atoms with van der Waals surface area (Å²) in [4.78, 5) is 0. The first kappa shape index (κ1) is 24.0. The van der Waals surface area contributed by atoms with E-state index in [9.17, 15) is 70.2 Å². The Bertz CT molecular complexity index is 612. The number of ether oxygens (including phenoxy) is 2. The van der Waals surface area contributed by atoms with Crippen LogP contribution in [-0.4, -0.2) is 35.4 Å². The fourth-order valence-corrected chi connectivity index (χ4v) is 1.78. The highest BCUT2D eigenvalue weighted by molar-refractivity contribution is 5.25. The van der Waals surface area contributed by atoms with Gasteiger partial charge in [0.1, 0.15) is 0 Å². The van der Waals surface area contributed by atoms with Crippen molar-refractivity contribution < 1.29 is 79.7 Å². The van der Waals surface area contributed by atoms with Gasteiger partial charge >= 0.3 is 59.6 Å². The maximum Gasteiger partial charge on any atom is 0.392 e. The molecule has 0 heterocycles. The topological polar surface area (TPSA) is 18.5 Å². The molecule has 0 bridgehead atoms. The number of rotatable bonds is 4. The summed E-state index contributed by atoms with van der Waals surface area (Å²) in [5.41, 5.74) is 0. The van der Waals surface area contributed by atoms with Crippen molar-refractivity contribution in [3.63, 3.8) is 0 Å². The van der Waals surface area contributed by atoms with E-state index < -0.39 is 59.6 Å². The molecule has 0 aromatic carbocycles. The fraction of sp³-hybridized carbons (Fsp3) is 0.600. The van der Waals surface area contributed by atoms with Crippen LogP contribution in [0, 0.1) is 0 Å². The third-order valence-electron chi connectivity index (χ3n) is 3.16. The van der Waals surface area contributed by atoms with Crippen LogP contribution in [0.4, 0.5) is 70.2 Å². The smallest absolute Gasteiger partial charge is 0.392 e. The van der Waals surface area contributed by atoms with E-state index in [0.29, 0.717) is 0 Å². The zero-order valence-corrected chi connectivity index (χ0v) is 11.9. The fourth-order valence-electron chi connectivity index (χ4n) is 1.78. The van der Waals surface area contributed by atoms with Crippen molar-refractivity contribution in [1.82, 2.24) is 0 Å². The lowest BCUT2D eigenvalue weighted by Crippen LogP contribution is -2.85. The summed E-state index contributed by atoms with van der Waals surface area (Å²) in [6, 6.07) is -8.25. The van der Waals surface area contributed by atoms with Gasteiger partial charge in [-0.05, 0) is 0 Å². The minimum atomic E-state index is -7.75. The second-order valence-corrected chi connectivity index (χ2v) is 4.76. The molecule has 1 aliphatic rings. The maximum absolute atomic E-state index is 13.8. The molecule has 0 unspecified atom stereocenters. The first-order valence-electron chi connectivity index (χ1n) is 5.84. The average Bonchev–Trinajstić information content (AvgIpc) is 2.52. The molecule has 0 N–H and O–H groups in total. The van der Waals surface area contributed by atoms with Gasteiger partial charge in [-0.25, -0.2) is 0 Å². The molecule has 0 saturated heterocycles. The van der Waals surface area contributed by atoms with Crippen LogP contribution in [0.15, 0.2) is 24.2 Å². The monoisotopic (exact) mass is 456 g/mol. The van der Waals surface area contributed by atoms with E-state index in [4.69, 9.17) is 0 Å². The largest absolute Gasteiger partial charge is 0.418 e. The highest BCUT2D eigenvalue weighted by Gasteiger charge is 3.03. The van der Waals surface area contributed by atoms with Crippen molar-refractivity contribution >= 4 is 0 Å². The summed E-state index contributed by atoms with van der Waals surface area (Å²) in [7, 11) is 0. The molecule has 28 heavy (non-hydrogen) atoms. The third-order valence-corrected chi connectivity index (χ3v) is 3.16. The molecular formula is C10F16O2. The Hall–Kier alpha value is -2.04. The van der Waals surface area contributed by atoms with Crippen molar-refractivity contribution in [1.29, 1.82) is 0 Å². The van der Waals surface area contributed by atoms with Gasteiger partial charge < -0.3 is 9.47 Å². The SMILES string of the molecule is FC(F)=C(F)OC1(F)C(F)(F)C(F)(F)C(F)(OC(F)=C(F)F)C(F)(F)C1(F)F. The molecule has 0 aromatic heterocycles. The molecule has 1 aliphatic carbocycles. The van der Waals surface area contributed by atoms with Gasteiger partial charge in [-0.1, -0.05) is 0 Å². The van der Waals surface area contributed by atoms with E-state index in [-0.39, 0.29) is 0 Å². The molecule has 0 radical (unpaired) electrons. The van der Waals surface area contributed by atoms with Crippen molar-refractivity contribution in [2.45, 2.75) is 35.4 Å². The van der Waals surface area contributed by atoms with Crippen LogP contribution in [0.3, 0.4) is 0 Å². The molecule has 1 rings (SSSR count). The maximum atomic E-state index is 13.8. The molecule has 0 atom stereocenters. The highest BCUT2D eigenvalue weighted by Crippen LogP contribution is 2.70. The molecule has 0 amide bonds. The van der Waals surface area contributed by atoms with Crippen molar-refractivity contribution in [2.24, 2.45) is 0 Å². The van der Waals surface area contributed by atoms with Gasteiger partial charge in [-0.2, -0.15) is 70.2 Å². The van der Waals surface area contributed by atoms with E-state index >= 15 is 0 Å². The summed E-state index contributed by atoms with van der Waals surface area (Å²) < 4.78 is 211. The van der Waals surface area contributed by atoms with Crippen molar-refractivity contribution in [2.75, 3.05) is 0 Å². The molecular weight excluding hydrogens is 456 g/mol. The number of alkyl halides is 10. The lowest BCUT2D eigenvalue weighted by Gasteiger charge is -2.52. The Labute approximate surface area is 141 Å². The predicted molar refractivity (Wildman–Crippen MR) is 50.3 cm³/mol. The van der Waals surface area contributed by atoms with Gasteiger partial charge in [0.2, 0.25) is 0 Å². The normalized spacial score (nSPS) is 32.3. The lowest BCUT2D eigenvalue weighted by molar-refractivity contribution is -0.536. The van der Waals surface area contributed by atoms with Crippen molar-refractivity contribution in [3.8, 4) is 0 Å². The predicted octanol–water partition coefficient (Wildman–Crippen LogP) is 5.98. The second kappa shape index (κ2) is 6.23. The molecule has 2 nitrogen and oxygen atoms in total. The summed E-state index contributed by atoms with van der Waals surface area (Å²) in [5.74, 6) is -45.9. The Morgan fingerprint density at radius 2 is 0.571 bits per heavy atom. The Balaban J connectivity index is 3.90. The van der Waals surface area contributed by atoms with Gasteiger partial charge in [0.05, 0.1) is 0 Å². The van der Waals surface area contributed by atoms with Crippen LogP contribution in [0.1, 0.15) is 0 Å². The zero-order valence-electron chi connectivity index (χ0n) is 11.9. The van der Waals surface area contributed by atoms with Crippen LogP contribution in [0.25, 0.3) is 0 Å². The van der Waals surface area contributed by atoms with Crippen LogP contribution >= 0.6 is 0 Å². The molecule has 164 valence electrons. The Morgan fingerprint density at radius 1 is 0.393 bits per heavy atom. The highest BCUT2D eigenvalue weighted by atomic mass is 19.4. The van der Waals surface area contributed by atoms with Gasteiger partial charge in [-0.3, -0.25) is 0 Å². The lowest BCUT2D eigenvalue weighted by atomic mass is 9.77. The van der Waals surface area contributed by atoms with Crippen molar-refractivity contribution in [3.05, 3.63) is 24.2 Å². The number of hydrogen-bond acceptors (Lipinski definition) is 2. The third kappa shape index (κ3) is 2.58. The van der Waals surface area contributed by atoms with Gasteiger partial charge in [-0.15, -0.1) is 0 Å².